The fraction of sp³-hybridized carbons (Fsp3) is 0.375. The molecule has 0 spiro atoms. The summed E-state index contributed by atoms with van der Waals surface area (Å²) >= 11 is 0. The van der Waals surface area contributed by atoms with Gasteiger partial charge in [-0.15, -0.1) is 0 Å². The highest BCUT2D eigenvalue weighted by Crippen LogP contribution is 2.28. The predicted octanol–water partition coefficient (Wildman–Crippen LogP) is 2.28. The minimum atomic E-state index is -1.12. The second-order valence-electron chi connectivity index (χ2n) is 13.5. The number of fused-ring (bicyclic) bond motifs is 2. The van der Waals surface area contributed by atoms with Crippen LogP contribution in [0.3, 0.4) is 0 Å². The van der Waals surface area contributed by atoms with Crippen LogP contribution in [0.25, 0.3) is 5.69 Å². The lowest BCUT2D eigenvalue weighted by Crippen LogP contribution is -2.58. The van der Waals surface area contributed by atoms with Crippen molar-refractivity contribution in [1.29, 1.82) is 0 Å². The van der Waals surface area contributed by atoms with Crippen molar-refractivity contribution in [1.82, 2.24) is 41.3 Å². The quantitative estimate of drug-likeness (QED) is 0.188. The van der Waals surface area contributed by atoms with Gasteiger partial charge in [-0.05, 0) is 67.0 Å². The third-order valence-corrected chi connectivity index (χ3v) is 9.12. The Morgan fingerprint density at radius 1 is 0.927 bits per heavy atom. The monoisotopic (exact) mass is 752 g/mol. The fourth-order valence-electron chi connectivity index (χ4n) is 6.15. The van der Waals surface area contributed by atoms with E-state index in [1.54, 1.807) is 36.4 Å². The van der Waals surface area contributed by atoms with Crippen molar-refractivity contribution in [3.05, 3.63) is 102 Å². The zero-order chi connectivity index (χ0) is 39.2. The van der Waals surface area contributed by atoms with Gasteiger partial charge in [-0.2, -0.15) is 5.10 Å². The van der Waals surface area contributed by atoms with Crippen LogP contribution in [-0.2, 0) is 32.0 Å². The van der Waals surface area contributed by atoms with E-state index in [0.29, 0.717) is 43.0 Å². The molecule has 0 radical (unpaired) electrons. The van der Waals surface area contributed by atoms with Crippen LogP contribution in [0.5, 0.6) is 11.5 Å². The van der Waals surface area contributed by atoms with Crippen molar-refractivity contribution in [2.45, 2.75) is 64.1 Å². The number of nitrogens with one attached hydrogen (secondary N) is 5. The van der Waals surface area contributed by atoms with Gasteiger partial charge in [0, 0.05) is 19.5 Å². The topological polar surface area (TPSA) is 195 Å². The number of rotatable bonds is 7. The summed E-state index contributed by atoms with van der Waals surface area (Å²) in [5.74, 6) is -1.85. The summed E-state index contributed by atoms with van der Waals surface area (Å²) in [5, 5.41) is 18.5. The maximum Gasteiger partial charge on any atom is 0.257 e. The highest BCUT2D eigenvalue weighted by atomic mass is 16.5. The van der Waals surface area contributed by atoms with Gasteiger partial charge in [0.05, 0.1) is 18.4 Å². The van der Waals surface area contributed by atoms with Gasteiger partial charge < -0.3 is 36.1 Å². The molecule has 5 amide bonds. The predicted molar refractivity (Wildman–Crippen MR) is 204 cm³/mol. The van der Waals surface area contributed by atoms with Gasteiger partial charge in [-0.1, -0.05) is 62.4 Å². The molecule has 55 heavy (non-hydrogen) atoms. The van der Waals surface area contributed by atoms with E-state index in [9.17, 15) is 24.0 Å². The first-order chi connectivity index (χ1) is 26.6. The molecule has 2 bridgehead atoms. The number of methoxy groups -OCH3 is 1. The van der Waals surface area contributed by atoms with E-state index in [4.69, 9.17) is 9.47 Å². The Labute approximate surface area is 320 Å². The van der Waals surface area contributed by atoms with Gasteiger partial charge in [0.1, 0.15) is 30.8 Å². The first-order valence-electron chi connectivity index (χ1n) is 18.4. The standard InChI is InChI=1S/C40H48N8O7/c1-26(2)36-40(53)43-20-9-13-28-17-18-33(54-3)34(22-28)55-23-35(49)42-19-10-15-30(38(51)46-31(39(52)47-36)21-27-11-5-4-6-12-27)45-37(50)29-14-7-8-16-32(29)48-25-41-24-44-48/h4-8,11-12,14,16-18,22,24-26,30-31,36H,9-10,13,15,19-21,23H2,1-3H3,(H,42,49)(H,43,53)(H,45,50)(H,46,51)(H,47,52)/t30-,31-,36+/m0/s1. The van der Waals surface area contributed by atoms with Crippen LogP contribution in [-0.4, -0.2) is 89.2 Å². The summed E-state index contributed by atoms with van der Waals surface area (Å²) in [4.78, 5) is 72.2. The SMILES string of the molecule is COc1ccc2cc1OCC(=O)NCCC[C@H](NC(=O)c1ccccc1-n1cncn1)C(=O)N[C@@H](Cc1ccccc1)C(=O)N[C@H](C(C)C)C(=O)NCCC2. The summed E-state index contributed by atoms with van der Waals surface area (Å²) in [6.45, 7) is 3.91. The van der Waals surface area contributed by atoms with Crippen LogP contribution in [0.4, 0.5) is 0 Å². The van der Waals surface area contributed by atoms with E-state index in [2.05, 4.69) is 36.7 Å². The highest BCUT2D eigenvalue weighted by molar-refractivity contribution is 6.01. The molecule has 290 valence electrons. The van der Waals surface area contributed by atoms with E-state index in [1.807, 2.05) is 50.2 Å². The number of para-hydroxylation sites is 1. The molecule has 1 aliphatic heterocycles. The van der Waals surface area contributed by atoms with Gasteiger partial charge >= 0.3 is 0 Å². The molecule has 5 rings (SSSR count). The van der Waals surface area contributed by atoms with Gasteiger partial charge in [-0.25, -0.2) is 9.67 Å². The van der Waals surface area contributed by atoms with Crippen LogP contribution in [0, 0.1) is 5.92 Å². The van der Waals surface area contributed by atoms with Crippen molar-refractivity contribution in [2.75, 3.05) is 26.8 Å². The lowest BCUT2D eigenvalue weighted by atomic mass is 10.00. The van der Waals surface area contributed by atoms with E-state index >= 15 is 0 Å². The first kappa shape index (κ1) is 39.9. The second kappa shape index (κ2) is 19.7. The van der Waals surface area contributed by atoms with Crippen LogP contribution in [0.15, 0.2) is 85.5 Å². The zero-order valence-corrected chi connectivity index (χ0v) is 31.2. The van der Waals surface area contributed by atoms with Crippen molar-refractivity contribution in [2.24, 2.45) is 5.92 Å². The number of aryl methyl sites for hydroxylation is 1. The van der Waals surface area contributed by atoms with E-state index in [1.165, 1.54) is 24.4 Å². The molecule has 15 heteroatoms. The molecule has 0 unspecified atom stereocenters. The summed E-state index contributed by atoms with van der Waals surface area (Å²) in [6.07, 6.45) is 4.54. The molecular formula is C40H48N8O7. The Morgan fingerprint density at radius 2 is 1.69 bits per heavy atom. The maximum atomic E-state index is 14.1. The summed E-state index contributed by atoms with van der Waals surface area (Å²) in [7, 11) is 1.51. The summed E-state index contributed by atoms with van der Waals surface area (Å²) < 4.78 is 12.7. The van der Waals surface area contributed by atoms with Crippen molar-refractivity contribution in [3.8, 4) is 17.2 Å². The van der Waals surface area contributed by atoms with E-state index < -0.39 is 35.8 Å². The largest absolute Gasteiger partial charge is 0.493 e. The minimum Gasteiger partial charge on any atom is -0.493 e. The molecule has 1 aliphatic rings. The number of carbonyl (C=O) groups is 5. The first-order valence-corrected chi connectivity index (χ1v) is 18.4. The molecule has 5 N–H and O–H groups in total. The highest BCUT2D eigenvalue weighted by Gasteiger charge is 2.31. The number of amides is 5. The maximum absolute atomic E-state index is 14.1. The number of nitrogens with zero attached hydrogens (tertiary/aromatic N) is 3. The summed E-state index contributed by atoms with van der Waals surface area (Å²) in [5.41, 5.74) is 2.40. The second-order valence-corrected chi connectivity index (χ2v) is 13.5. The Morgan fingerprint density at radius 3 is 2.44 bits per heavy atom. The molecule has 3 atom stereocenters. The normalized spacial score (nSPS) is 19.3. The molecule has 1 aromatic heterocycles. The number of carbonyl (C=O) groups excluding carboxylic acids is 5. The third-order valence-electron chi connectivity index (χ3n) is 9.12. The molecular weight excluding hydrogens is 704 g/mol. The van der Waals surface area contributed by atoms with Gasteiger partial charge in [0.25, 0.3) is 11.8 Å². The molecule has 0 saturated heterocycles. The molecule has 4 aromatic rings. The van der Waals surface area contributed by atoms with E-state index in [0.717, 1.165) is 11.1 Å². The Bertz CT molecular complexity index is 1920. The zero-order valence-electron chi connectivity index (χ0n) is 31.2. The smallest absolute Gasteiger partial charge is 0.257 e. The van der Waals surface area contributed by atoms with Gasteiger partial charge in [-0.3, -0.25) is 24.0 Å². The third kappa shape index (κ3) is 11.4. The van der Waals surface area contributed by atoms with Crippen molar-refractivity contribution < 1.29 is 33.4 Å². The average Bonchev–Trinajstić information content (AvgIpc) is 3.73. The van der Waals surface area contributed by atoms with Crippen LogP contribution >= 0.6 is 0 Å². The Balaban J connectivity index is 1.42. The van der Waals surface area contributed by atoms with Crippen molar-refractivity contribution in [3.63, 3.8) is 0 Å². The molecule has 0 fully saturated rings. The van der Waals surface area contributed by atoms with E-state index in [-0.39, 0.29) is 49.3 Å². The Kier molecular flexibility index (Phi) is 14.3. The number of benzene rings is 3. The molecule has 15 nitrogen and oxygen atoms in total. The van der Waals surface area contributed by atoms with Crippen LogP contribution in [0.2, 0.25) is 0 Å². The molecule has 3 aromatic carbocycles. The number of ether oxygens (including phenoxy) is 2. The lowest BCUT2D eigenvalue weighted by molar-refractivity contribution is -0.133. The number of hydrogen-bond donors (Lipinski definition) is 5. The van der Waals surface area contributed by atoms with Crippen molar-refractivity contribution >= 4 is 29.5 Å². The van der Waals surface area contributed by atoms with Gasteiger partial charge in [0.15, 0.2) is 18.1 Å². The Hall–Kier alpha value is -6.25. The number of aromatic nitrogens is 3. The van der Waals surface area contributed by atoms with Gasteiger partial charge in [0.2, 0.25) is 17.7 Å². The lowest BCUT2D eigenvalue weighted by Gasteiger charge is -2.27. The summed E-state index contributed by atoms with van der Waals surface area (Å²) in [6, 6.07) is 18.3. The molecule has 2 heterocycles. The van der Waals surface area contributed by atoms with Crippen LogP contribution in [0.1, 0.15) is 54.6 Å². The molecule has 0 aliphatic carbocycles. The fourth-order valence-corrected chi connectivity index (χ4v) is 6.15. The number of hydrogen-bond acceptors (Lipinski definition) is 9. The molecule has 0 saturated carbocycles. The van der Waals surface area contributed by atoms with Crippen LogP contribution < -0.4 is 36.1 Å². The average molecular weight is 753 g/mol. The minimum absolute atomic E-state index is 0.108.